The Labute approximate surface area is 157 Å². The molecule has 6 heteroatoms. The Hall–Kier alpha value is -3.15. The number of benzene rings is 2. The highest BCUT2D eigenvalue weighted by molar-refractivity contribution is 6.21. The van der Waals surface area contributed by atoms with Gasteiger partial charge in [0.05, 0.1) is 23.4 Å². The van der Waals surface area contributed by atoms with Crippen LogP contribution in [-0.4, -0.2) is 48.7 Å². The van der Waals surface area contributed by atoms with Crippen molar-refractivity contribution in [1.82, 2.24) is 4.90 Å². The van der Waals surface area contributed by atoms with Gasteiger partial charge in [-0.1, -0.05) is 12.1 Å². The molecule has 2 amide bonds. The summed E-state index contributed by atoms with van der Waals surface area (Å²) in [5.41, 5.74) is 2.48. The number of fused-ring (bicyclic) bond motifs is 2. The van der Waals surface area contributed by atoms with Crippen molar-refractivity contribution in [2.45, 2.75) is 13.3 Å². The summed E-state index contributed by atoms with van der Waals surface area (Å²) in [7, 11) is 0. The molecule has 0 N–H and O–H groups in total. The van der Waals surface area contributed by atoms with Crippen LogP contribution < -0.4 is 9.64 Å². The molecule has 0 aromatic heterocycles. The number of hydrogen-bond acceptors (Lipinski definition) is 5. The number of ketones is 1. The zero-order valence-electron chi connectivity index (χ0n) is 15.1. The fourth-order valence-corrected chi connectivity index (χ4v) is 3.59. The molecule has 0 bridgehead atoms. The molecule has 4 rings (SSSR count). The molecular weight excluding hydrogens is 344 g/mol. The summed E-state index contributed by atoms with van der Waals surface area (Å²) in [6.07, 6.45) is 0.648. The topological polar surface area (TPSA) is 66.9 Å². The summed E-state index contributed by atoms with van der Waals surface area (Å²) in [5.74, 6) is 0.315. The highest BCUT2D eigenvalue weighted by atomic mass is 16.5. The van der Waals surface area contributed by atoms with Crippen LogP contribution in [0, 0.1) is 0 Å². The van der Waals surface area contributed by atoms with Crippen LogP contribution in [0.15, 0.2) is 42.5 Å². The van der Waals surface area contributed by atoms with Crippen LogP contribution in [0.25, 0.3) is 0 Å². The molecule has 2 heterocycles. The van der Waals surface area contributed by atoms with E-state index in [0.717, 1.165) is 11.4 Å². The molecule has 2 aliphatic heterocycles. The Morgan fingerprint density at radius 1 is 1.04 bits per heavy atom. The molecule has 0 atom stereocenters. The van der Waals surface area contributed by atoms with E-state index in [2.05, 4.69) is 4.90 Å². The van der Waals surface area contributed by atoms with Gasteiger partial charge in [0, 0.05) is 18.7 Å². The summed E-state index contributed by atoms with van der Waals surface area (Å²) in [6, 6.07) is 12.4. The van der Waals surface area contributed by atoms with Crippen molar-refractivity contribution in [3.63, 3.8) is 0 Å². The van der Waals surface area contributed by atoms with E-state index in [0.29, 0.717) is 49.4 Å². The highest BCUT2D eigenvalue weighted by Crippen LogP contribution is 2.33. The predicted octanol–water partition coefficient (Wildman–Crippen LogP) is 2.77. The Morgan fingerprint density at radius 2 is 1.74 bits per heavy atom. The van der Waals surface area contributed by atoms with Crippen molar-refractivity contribution in [2.75, 3.05) is 31.1 Å². The Bertz CT molecular complexity index is 903. The van der Waals surface area contributed by atoms with E-state index < -0.39 is 0 Å². The van der Waals surface area contributed by atoms with E-state index in [9.17, 15) is 14.4 Å². The van der Waals surface area contributed by atoms with Gasteiger partial charge in [-0.25, -0.2) is 0 Å². The number of ether oxygens (including phenoxy) is 1. The highest BCUT2D eigenvalue weighted by Gasteiger charge is 2.34. The minimum absolute atomic E-state index is 0.00866. The number of imide groups is 1. The molecule has 2 aromatic carbocycles. The van der Waals surface area contributed by atoms with E-state index in [4.69, 9.17) is 4.74 Å². The lowest BCUT2D eigenvalue weighted by atomic mass is 10.1. The van der Waals surface area contributed by atoms with Gasteiger partial charge in [0.25, 0.3) is 11.8 Å². The van der Waals surface area contributed by atoms with Gasteiger partial charge < -0.3 is 9.64 Å². The molecule has 0 radical (unpaired) electrons. The second kappa shape index (κ2) is 6.87. The molecule has 0 unspecified atom stereocenters. The average molecular weight is 364 g/mol. The lowest BCUT2D eigenvalue weighted by Crippen LogP contribution is -2.37. The number of rotatable bonds is 5. The maximum absolute atomic E-state index is 12.4. The molecule has 0 aliphatic carbocycles. The van der Waals surface area contributed by atoms with Gasteiger partial charge in [0.2, 0.25) is 0 Å². The van der Waals surface area contributed by atoms with Gasteiger partial charge in [0.15, 0.2) is 5.78 Å². The summed E-state index contributed by atoms with van der Waals surface area (Å²) in [4.78, 5) is 40.0. The van der Waals surface area contributed by atoms with E-state index in [-0.39, 0.29) is 17.6 Å². The molecule has 138 valence electrons. The number of hydrogen-bond donors (Lipinski definition) is 0. The third kappa shape index (κ3) is 3.07. The number of anilines is 1. The van der Waals surface area contributed by atoms with Gasteiger partial charge >= 0.3 is 0 Å². The molecule has 0 saturated heterocycles. The molecule has 27 heavy (non-hydrogen) atoms. The summed E-state index contributed by atoms with van der Waals surface area (Å²) < 4.78 is 5.67. The third-order valence-electron chi connectivity index (χ3n) is 5.01. The number of Topliss-reactive ketones (excluding diaryl/α,β-unsaturated/α-hetero) is 1. The third-order valence-corrected chi connectivity index (χ3v) is 5.01. The Kier molecular flexibility index (Phi) is 4.39. The maximum Gasteiger partial charge on any atom is 0.261 e. The molecule has 2 aliphatic rings. The SMILES string of the molecule is CC(=O)c1ccc2c(c1)N(CCCN1C(=O)c3ccccc3C1=O)CCO2. The van der Waals surface area contributed by atoms with Crippen molar-refractivity contribution in [1.29, 1.82) is 0 Å². The van der Waals surface area contributed by atoms with Crippen LogP contribution in [0.1, 0.15) is 44.4 Å². The molecule has 6 nitrogen and oxygen atoms in total. The van der Waals surface area contributed by atoms with Gasteiger partial charge in [-0.2, -0.15) is 0 Å². The molecule has 0 spiro atoms. The lowest BCUT2D eigenvalue weighted by molar-refractivity contribution is 0.0652. The fourth-order valence-electron chi connectivity index (χ4n) is 3.59. The summed E-state index contributed by atoms with van der Waals surface area (Å²) in [5, 5.41) is 0. The van der Waals surface area contributed by atoms with Crippen molar-refractivity contribution in [2.24, 2.45) is 0 Å². The fraction of sp³-hybridized carbons (Fsp3) is 0.286. The average Bonchev–Trinajstić information content (AvgIpc) is 2.93. The van der Waals surface area contributed by atoms with Crippen molar-refractivity contribution >= 4 is 23.3 Å². The van der Waals surface area contributed by atoms with E-state index in [1.165, 1.54) is 11.8 Å². The van der Waals surface area contributed by atoms with Gasteiger partial charge in [-0.15, -0.1) is 0 Å². The number of amides is 2. The zero-order chi connectivity index (χ0) is 19.0. The monoisotopic (exact) mass is 364 g/mol. The van der Waals surface area contributed by atoms with Gasteiger partial charge in [0.1, 0.15) is 12.4 Å². The second-order valence-corrected chi connectivity index (χ2v) is 6.74. The number of carbonyl (C=O) groups excluding carboxylic acids is 3. The van der Waals surface area contributed by atoms with Crippen molar-refractivity contribution in [3.8, 4) is 5.75 Å². The van der Waals surface area contributed by atoms with Crippen molar-refractivity contribution < 1.29 is 19.1 Å². The first-order valence-electron chi connectivity index (χ1n) is 9.04. The second-order valence-electron chi connectivity index (χ2n) is 6.74. The molecule has 0 fully saturated rings. The van der Waals surface area contributed by atoms with Gasteiger partial charge in [-0.05, 0) is 43.7 Å². The van der Waals surface area contributed by atoms with Crippen LogP contribution in [0.3, 0.4) is 0 Å². The first-order chi connectivity index (χ1) is 13.1. The van der Waals surface area contributed by atoms with Crippen molar-refractivity contribution in [3.05, 3.63) is 59.2 Å². The minimum atomic E-state index is -0.225. The predicted molar refractivity (Wildman–Crippen MR) is 101 cm³/mol. The summed E-state index contributed by atoms with van der Waals surface area (Å²) in [6.45, 7) is 3.85. The largest absolute Gasteiger partial charge is 0.490 e. The van der Waals surface area contributed by atoms with E-state index in [1.54, 1.807) is 30.3 Å². The first-order valence-corrected chi connectivity index (χ1v) is 9.04. The summed E-state index contributed by atoms with van der Waals surface area (Å²) >= 11 is 0. The standard InChI is InChI=1S/C21H20N2O4/c1-14(24)15-7-8-19-18(13-15)22(11-12-27-19)9-4-10-23-20(25)16-5-2-3-6-17(16)21(23)26/h2-3,5-8,13H,4,9-12H2,1H3. The van der Waals surface area contributed by atoms with Crippen LogP contribution in [-0.2, 0) is 0 Å². The van der Waals surface area contributed by atoms with Crippen LogP contribution in [0.4, 0.5) is 5.69 Å². The van der Waals surface area contributed by atoms with Crippen LogP contribution >= 0.6 is 0 Å². The molecule has 2 aromatic rings. The molecule has 0 saturated carbocycles. The van der Waals surface area contributed by atoms with E-state index in [1.807, 2.05) is 12.1 Å². The number of carbonyl (C=O) groups is 3. The Balaban J connectivity index is 1.44. The van der Waals surface area contributed by atoms with Crippen LogP contribution in [0.5, 0.6) is 5.75 Å². The maximum atomic E-state index is 12.4. The van der Waals surface area contributed by atoms with E-state index >= 15 is 0 Å². The minimum Gasteiger partial charge on any atom is -0.490 e. The zero-order valence-corrected chi connectivity index (χ0v) is 15.1. The first kappa shape index (κ1) is 17.3. The lowest BCUT2D eigenvalue weighted by Gasteiger charge is -2.32. The quantitative estimate of drug-likeness (QED) is 0.603. The normalized spacial score (nSPS) is 15.4. The van der Waals surface area contributed by atoms with Crippen LogP contribution in [0.2, 0.25) is 0 Å². The Morgan fingerprint density at radius 3 is 2.41 bits per heavy atom. The van der Waals surface area contributed by atoms with Gasteiger partial charge in [-0.3, -0.25) is 19.3 Å². The molecular formula is C21H20N2O4. The number of nitrogens with zero attached hydrogens (tertiary/aromatic N) is 2. The smallest absolute Gasteiger partial charge is 0.261 e.